The number of ether oxygens (including phenoxy) is 1. The topological polar surface area (TPSA) is 66.8 Å². The van der Waals surface area contributed by atoms with Gasteiger partial charge in [0, 0.05) is 7.11 Å². The van der Waals surface area contributed by atoms with Gasteiger partial charge in [0.1, 0.15) is 0 Å². The molecule has 7 atom stereocenters. The molecule has 0 radical (unpaired) electrons. The largest absolute Gasteiger partial charge is 0.481 e. The molecule has 0 aliphatic heterocycles. The number of hydrogen-bond donors (Lipinski definition) is 2. The predicted octanol–water partition coefficient (Wildman–Crippen LogP) is 6.68. The lowest BCUT2D eigenvalue weighted by atomic mass is 9.44. The first-order chi connectivity index (χ1) is 16.2. The lowest BCUT2D eigenvalue weighted by Crippen LogP contribution is -2.54. The number of carboxylic acid groups (broad SMARTS) is 1. The molecule has 2 unspecified atom stereocenters. The molecule has 0 amide bonds. The third kappa shape index (κ3) is 3.57. The van der Waals surface area contributed by atoms with Crippen molar-refractivity contribution in [2.24, 2.45) is 34.5 Å². The van der Waals surface area contributed by atoms with E-state index in [1.807, 2.05) is 7.11 Å². The van der Waals surface area contributed by atoms with Crippen LogP contribution in [0.4, 0.5) is 0 Å². The highest BCUT2D eigenvalue weighted by molar-refractivity contribution is 5.71. The molecule has 4 heteroatoms. The lowest BCUT2D eigenvalue weighted by molar-refractivity contribution is -0.136. The Morgan fingerprint density at radius 1 is 1.03 bits per heavy atom. The molecule has 2 N–H and O–H groups in total. The van der Waals surface area contributed by atoms with Crippen LogP contribution in [-0.2, 0) is 9.53 Å². The fraction of sp³-hybridized carbons (Fsp3) is 0.833. The molecular formula is C30H46O4. The zero-order valence-corrected chi connectivity index (χ0v) is 21.9. The van der Waals surface area contributed by atoms with Gasteiger partial charge in [0.15, 0.2) is 0 Å². The summed E-state index contributed by atoms with van der Waals surface area (Å²) >= 11 is 0. The van der Waals surface area contributed by atoms with E-state index in [9.17, 15) is 15.0 Å². The zero-order chi connectivity index (χ0) is 24.3. The highest BCUT2D eigenvalue weighted by Gasteiger charge is 2.62. The molecule has 0 bridgehead atoms. The van der Waals surface area contributed by atoms with E-state index in [1.54, 1.807) is 0 Å². The molecule has 5 aliphatic rings. The maximum Gasteiger partial charge on any atom is 0.307 e. The van der Waals surface area contributed by atoms with Crippen molar-refractivity contribution in [1.82, 2.24) is 0 Å². The van der Waals surface area contributed by atoms with Gasteiger partial charge in [-0.2, -0.15) is 0 Å². The molecule has 5 rings (SSSR count). The van der Waals surface area contributed by atoms with Crippen LogP contribution >= 0.6 is 0 Å². The number of aliphatic carboxylic acids is 1. The molecule has 5 aliphatic carbocycles. The summed E-state index contributed by atoms with van der Waals surface area (Å²) in [5.41, 5.74) is 4.06. The maximum atomic E-state index is 12.1. The SMILES string of the molecule is CCC1C=C2CC(O)CC[C@]2(C)[C@@H]2CC[C@]3(C)C(C4(OC)CCCCC4)=C(CC(=O)O)C[C@H]3[C@H]12. The van der Waals surface area contributed by atoms with Crippen LogP contribution in [0.15, 0.2) is 22.8 Å². The molecule has 190 valence electrons. The van der Waals surface area contributed by atoms with Gasteiger partial charge in [-0.15, -0.1) is 0 Å². The van der Waals surface area contributed by atoms with Gasteiger partial charge in [-0.25, -0.2) is 0 Å². The van der Waals surface area contributed by atoms with Crippen molar-refractivity contribution in [1.29, 1.82) is 0 Å². The zero-order valence-electron chi connectivity index (χ0n) is 21.9. The van der Waals surface area contributed by atoms with E-state index in [0.717, 1.165) is 51.4 Å². The average Bonchev–Trinajstić information content (AvgIpc) is 3.11. The fourth-order valence-corrected chi connectivity index (χ4v) is 9.84. The molecule has 0 aromatic heterocycles. The highest BCUT2D eigenvalue weighted by Crippen LogP contribution is 2.69. The van der Waals surface area contributed by atoms with Gasteiger partial charge < -0.3 is 14.9 Å². The quantitative estimate of drug-likeness (QED) is 0.440. The summed E-state index contributed by atoms with van der Waals surface area (Å²) in [6.45, 7) is 7.29. The molecule has 0 spiro atoms. The van der Waals surface area contributed by atoms with Crippen LogP contribution in [0.3, 0.4) is 0 Å². The van der Waals surface area contributed by atoms with E-state index in [-0.39, 0.29) is 29.0 Å². The Balaban J connectivity index is 1.59. The van der Waals surface area contributed by atoms with E-state index in [4.69, 9.17) is 4.74 Å². The van der Waals surface area contributed by atoms with Crippen LogP contribution in [0.5, 0.6) is 0 Å². The first kappa shape index (κ1) is 24.6. The molecule has 3 fully saturated rings. The Morgan fingerprint density at radius 2 is 1.74 bits per heavy atom. The average molecular weight is 471 g/mol. The highest BCUT2D eigenvalue weighted by atomic mass is 16.5. The maximum absolute atomic E-state index is 12.1. The van der Waals surface area contributed by atoms with Gasteiger partial charge in [0.2, 0.25) is 0 Å². The van der Waals surface area contributed by atoms with Crippen LogP contribution in [0.25, 0.3) is 0 Å². The number of aliphatic hydroxyl groups excluding tert-OH is 1. The second-order valence-corrected chi connectivity index (χ2v) is 12.8. The van der Waals surface area contributed by atoms with E-state index >= 15 is 0 Å². The summed E-state index contributed by atoms with van der Waals surface area (Å²) in [5.74, 6) is 1.55. The molecule has 3 saturated carbocycles. The molecule has 0 saturated heterocycles. The third-order valence-corrected chi connectivity index (χ3v) is 11.4. The Hall–Kier alpha value is -1.13. The van der Waals surface area contributed by atoms with Gasteiger partial charge in [-0.1, -0.05) is 57.3 Å². The Morgan fingerprint density at radius 3 is 2.38 bits per heavy atom. The van der Waals surface area contributed by atoms with Crippen LogP contribution in [0.2, 0.25) is 0 Å². The smallest absolute Gasteiger partial charge is 0.307 e. The number of fused-ring (bicyclic) bond motifs is 5. The van der Waals surface area contributed by atoms with Gasteiger partial charge in [0.25, 0.3) is 0 Å². The van der Waals surface area contributed by atoms with Crippen LogP contribution in [0, 0.1) is 34.5 Å². The van der Waals surface area contributed by atoms with Crippen molar-refractivity contribution in [3.05, 3.63) is 22.8 Å². The third-order valence-electron chi connectivity index (χ3n) is 11.4. The molecule has 0 heterocycles. The van der Waals surface area contributed by atoms with E-state index in [2.05, 4.69) is 26.8 Å². The van der Waals surface area contributed by atoms with Gasteiger partial charge >= 0.3 is 5.97 Å². The Labute approximate surface area is 206 Å². The number of hydrogen-bond acceptors (Lipinski definition) is 3. The number of carboxylic acids is 1. The van der Waals surface area contributed by atoms with Gasteiger partial charge in [0.05, 0.1) is 18.1 Å². The first-order valence-corrected chi connectivity index (χ1v) is 14.1. The molecule has 34 heavy (non-hydrogen) atoms. The lowest BCUT2D eigenvalue weighted by Gasteiger charge is -2.60. The number of rotatable bonds is 5. The van der Waals surface area contributed by atoms with Crippen molar-refractivity contribution in [3.8, 4) is 0 Å². The minimum Gasteiger partial charge on any atom is -0.481 e. The number of aliphatic hydroxyl groups is 1. The second-order valence-electron chi connectivity index (χ2n) is 12.8. The monoisotopic (exact) mass is 470 g/mol. The van der Waals surface area contributed by atoms with Crippen molar-refractivity contribution in [2.75, 3.05) is 7.11 Å². The standard InChI is InChI=1S/C30H46O4/c1-5-19-15-21-18-22(31)9-13-28(21,2)23-10-14-29(3)24(26(19)23)16-20(17-25(32)33)27(29)30(34-4)11-7-6-8-12-30/h15,19,22-24,26,31H,5-14,16-18H2,1-4H3,(H,32,33)/t19?,22?,23-,24+,26-,28+,29+/m1/s1. The normalized spacial score (nSPS) is 43.6. The predicted molar refractivity (Wildman–Crippen MR) is 134 cm³/mol. The summed E-state index contributed by atoms with van der Waals surface area (Å²) in [6.07, 6.45) is 15.5. The molecular weight excluding hydrogens is 424 g/mol. The van der Waals surface area contributed by atoms with E-state index in [0.29, 0.717) is 23.7 Å². The fourth-order valence-electron chi connectivity index (χ4n) is 9.84. The van der Waals surface area contributed by atoms with Gasteiger partial charge in [-0.05, 0) is 97.9 Å². The summed E-state index contributed by atoms with van der Waals surface area (Å²) in [4.78, 5) is 12.1. The van der Waals surface area contributed by atoms with E-state index in [1.165, 1.54) is 42.4 Å². The summed E-state index contributed by atoms with van der Waals surface area (Å²) in [7, 11) is 1.87. The Bertz CT molecular complexity index is 880. The van der Waals surface area contributed by atoms with Crippen molar-refractivity contribution < 1.29 is 19.7 Å². The first-order valence-electron chi connectivity index (χ1n) is 14.1. The molecule has 0 aromatic rings. The number of carbonyl (C=O) groups is 1. The summed E-state index contributed by atoms with van der Waals surface area (Å²) in [6, 6.07) is 0. The number of allylic oxidation sites excluding steroid dienone is 1. The van der Waals surface area contributed by atoms with Gasteiger partial charge in [-0.3, -0.25) is 4.79 Å². The molecule has 4 nitrogen and oxygen atoms in total. The number of methoxy groups -OCH3 is 1. The van der Waals surface area contributed by atoms with Crippen LogP contribution < -0.4 is 0 Å². The van der Waals surface area contributed by atoms with Crippen molar-refractivity contribution in [2.45, 2.75) is 116 Å². The molecule has 0 aromatic carbocycles. The van der Waals surface area contributed by atoms with Crippen molar-refractivity contribution in [3.63, 3.8) is 0 Å². The van der Waals surface area contributed by atoms with Crippen molar-refractivity contribution >= 4 is 5.97 Å². The Kier molecular flexibility index (Phi) is 6.33. The summed E-state index contributed by atoms with van der Waals surface area (Å²) < 4.78 is 6.40. The van der Waals surface area contributed by atoms with Crippen LogP contribution in [0.1, 0.15) is 104 Å². The second kappa shape index (κ2) is 8.76. The minimum absolute atomic E-state index is 0.0304. The summed E-state index contributed by atoms with van der Waals surface area (Å²) in [5, 5.41) is 20.4. The van der Waals surface area contributed by atoms with E-state index < -0.39 is 5.97 Å². The minimum atomic E-state index is -0.695. The van der Waals surface area contributed by atoms with Crippen LogP contribution in [-0.4, -0.2) is 35.0 Å².